The number of hydrogen-bond acceptors (Lipinski definition) is 7. The SMILES string of the molecule is CCOc1ccc(NC(=O)CN(C)C(=O)Cc2c(C)nn(-c3nc(C)cc(C)n3)c2C)cc1OCC. The van der Waals surface area contributed by atoms with Crippen LogP contribution in [0.5, 0.6) is 11.5 Å². The molecule has 10 heteroatoms. The molecule has 1 N–H and O–H groups in total. The van der Waals surface area contributed by atoms with Gasteiger partial charge in [0.15, 0.2) is 11.5 Å². The Bertz CT molecular complexity index is 1230. The molecule has 0 saturated carbocycles. The highest BCUT2D eigenvalue weighted by Crippen LogP contribution is 2.30. The lowest BCUT2D eigenvalue weighted by atomic mass is 10.1. The average Bonchev–Trinajstić information content (AvgIpc) is 3.08. The fourth-order valence-corrected chi connectivity index (χ4v) is 3.85. The molecule has 3 rings (SSSR count). The lowest BCUT2D eigenvalue weighted by Gasteiger charge is -2.18. The maximum absolute atomic E-state index is 13.0. The number of likely N-dealkylation sites (N-methyl/N-ethyl adjacent to an activating group) is 1. The molecule has 0 bridgehead atoms. The molecule has 0 aliphatic carbocycles. The van der Waals surface area contributed by atoms with Crippen molar-refractivity contribution < 1.29 is 19.1 Å². The van der Waals surface area contributed by atoms with Gasteiger partial charge in [0.1, 0.15) is 0 Å². The molecular weight excluding hydrogens is 460 g/mol. The van der Waals surface area contributed by atoms with Crippen molar-refractivity contribution >= 4 is 17.5 Å². The van der Waals surface area contributed by atoms with Crippen LogP contribution in [0.25, 0.3) is 5.95 Å². The topological polar surface area (TPSA) is 111 Å². The Morgan fingerprint density at radius 1 is 0.972 bits per heavy atom. The average molecular weight is 495 g/mol. The number of ether oxygens (including phenoxy) is 2. The fourth-order valence-electron chi connectivity index (χ4n) is 3.85. The summed E-state index contributed by atoms with van der Waals surface area (Å²) in [6, 6.07) is 7.10. The van der Waals surface area contributed by atoms with Gasteiger partial charge in [0.25, 0.3) is 5.95 Å². The van der Waals surface area contributed by atoms with E-state index in [1.807, 2.05) is 47.6 Å². The molecule has 0 spiro atoms. The van der Waals surface area contributed by atoms with E-state index < -0.39 is 0 Å². The van der Waals surface area contributed by atoms with Gasteiger partial charge in [-0.25, -0.2) is 14.6 Å². The second-order valence-electron chi connectivity index (χ2n) is 8.51. The molecule has 0 atom stereocenters. The number of anilines is 1. The molecule has 36 heavy (non-hydrogen) atoms. The van der Waals surface area contributed by atoms with Gasteiger partial charge in [-0.1, -0.05) is 0 Å². The first-order valence-corrected chi connectivity index (χ1v) is 11.9. The van der Waals surface area contributed by atoms with E-state index in [0.717, 1.165) is 28.3 Å². The van der Waals surface area contributed by atoms with Crippen molar-refractivity contribution in [3.05, 3.63) is 52.6 Å². The molecule has 192 valence electrons. The first-order valence-electron chi connectivity index (χ1n) is 11.9. The Labute approximate surface area is 211 Å². The Hall–Kier alpha value is -3.95. The van der Waals surface area contributed by atoms with E-state index in [-0.39, 0.29) is 24.8 Å². The molecular formula is C26H34N6O4. The van der Waals surface area contributed by atoms with E-state index in [4.69, 9.17) is 9.47 Å². The zero-order chi connectivity index (χ0) is 26.4. The molecule has 2 aromatic heterocycles. The number of aryl methyl sites for hydroxylation is 3. The largest absolute Gasteiger partial charge is 0.490 e. The van der Waals surface area contributed by atoms with Crippen molar-refractivity contribution in [3.63, 3.8) is 0 Å². The number of hydrogen-bond donors (Lipinski definition) is 1. The summed E-state index contributed by atoms with van der Waals surface area (Å²) in [5.74, 6) is 1.13. The quantitative estimate of drug-likeness (QED) is 0.460. The number of carbonyl (C=O) groups is 2. The number of aromatic nitrogens is 4. The minimum atomic E-state index is -0.315. The molecule has 0 saturated heterocycles. The second-order valence-corrected chi connectivity index (χ2v) is 8.51. The van der Waals surface area contributed by atoms with E-state index >= 15 is 0 Å². The minimum absolute atomic E-state index is 0.0948. The van der Waals surface area contributed by atoms with E-state index in [9.17, 15) is 9.59 Å². The number of amides is 2. The van der Waals surface area contributed by atoms with Crippen LogP contribution in [0.2, 0.25) is 0 Å². The van der Waals surface area contributed by atoms with Crippen LogP contribution >= 0.6 is 0 Å². The third kappa shape index (κ3) is 6.38. The molecule has 3 aromatic rings. The number of nitrogens with zero attached hydrogens (tertiary/aromatic N) is 5. The van der Waals surface area contributed by atoms with Crippen LogP contribution in [0.1, 0.15) is 42.2 Å². The Morgan fingerprint density at radius 2 is 1.61 bits per heavy atom. The van der Waals surface area contributed by atoms with Crippen LogP contribution < -0.4 is 14.8 Å². The van der Waals surface area contributed by atoms with Crippen LogP contribution in [0.3, 0.4) is 0 Å². The summed E-state index contributed by atoms with van der Waals surface area (Å²) in [6.45, 7) is 12.2. The molecule has 10 nitrogen and oxygen atoms in total. The zero-order valence-corrected chi connectivity index (χ0v) is 22.0. The summed E-state index contributed by atoms with van der Waals surface area (Å²) in [5, 5.41) is 7.37. The zero-order valence-electron chi connectivity index (χ0n) is 22.0. The lowest BCUT2D eigenvalue weighted by molar-refractivity contribution is -0.132. The Balaban J connectivity index is 1.67. The normalized spacial score (nSPS) is 10.8. The second kappa shape index (κ2) is 11.7. The summed E-state index contributed by atoms with van der Waals surface area (Å²) in [7, 11) is 1.60. The molecule has 0 unspecified atom stereocenters. The van der Waals surface area contributed by atoms with Crippen molar-refractivity contribution in [1.82, 2.24) is 24.6 Å². The van der Waals surface area contributed by atoms with E-state index in [1.165, 1.54) is 4.90 Å². The van der Waals surface area contributed by atoms with E-state index in [1.54, 1.807) is 29.9 Å². The van der Waals surface area contributed by atoms with E-state index in [2.05, 4.69) is 20.4 Å². The maximum atomic E-state index is 13.0. The predicted octanol–water partition coefficient (Wildman–Crippen LogP) is 3.33. The molecule has 1 aromatic carbocycles. The van der Waals surface area contributed by atoms with Gasteiger partial charge >= 0.3 is 0 Å². The minimum Gasteiger partial charge on any atom is -0.490 e. The van der Waals surface area contributed by atoms with Gasteiger partial charge in [-0.3, -0.25) is 9.59 Å². The van der Waals surface area contributed by atoms with Gasteiger partial charge in [-0.2, -0.15) is 5.10 Å². The first kappa shape index (κ1) is 26.7. The summed E-state index contributed by atoms with van der Waals surface area (Å²) in [6.07, 6.45) is 0.115. The van der Waals surface area contributed by atoms with Crippen LogP contribution in [0, 0.1) is 27.7 Å². The van der Waals surface area contributed by atoms with Crippen LogP contribution in [-0.2, 0) is 16.0 Å². The molecule has 2 amide bonds. The van der Waals surface area contributed by atoms with Gasteiger partial charge in [-0.15, -0.1) is 0 Å². The molecule has 0 fully saturated rings. The summed E-state index contributed by atoms with van der Waals surface area (Å²) >= 11 is 0. The van der Waals surface area contributed by atoms with Crippen molar-refractivity contribution in [2.45, 2.75) is 48.0 Å². The van der Waals surface area contributed by atoms with Crippen molar-refractivity contribution in [2.24, 2.45) is 0 Å². The third-order valence-electron chi connectivity index (χ3n) is 5.56. The number of carbonyl (C=O) groups excluding carboxylic acids is 2. The predicted molar refractivity (Wildman–Crippen MR) is 137 cm³/mol. The molecule has 0 aliphatic rings. The smallest absolute Gasteiger partial charge is 0.251 e. The van der Waals surface area contributed by atoms with Gasteiger partial charge in [0.05, 0.1) is 31.9 Å². The van der Waals surface area contributed by atoms with E-state index in [0.29, 0.717) is 36.3 Å². The monoisotopic (exact) mass is 494 g/mol. The van der Waals surface area contributed by atoms with Gasteiger partial charge in [0.2, 0.25) is 11.8 Å². The molecule has 2 heterocycles. The van der Waals surface area contributed by atoms with Crippen LogP contribution in [0.4, 0.5) is 5.69 Å². The Morgan fingerprint density at radius 3 is 2.25 bits per heavy atom. The number of nitrogens with one attached hydrogen (secondary N) is 1. The molecule has 0 radical (unpaired) electrons. The lowest BCUT2D eigenvalue weighted by Crippen LogP contribution is -2.36. The van der Waals surface area contributed by atoms with Gasteiger partial charge in [-0.05, 0) is 59.7 Å². The number of rotatable bonds is 10. The van der Waals surface area contributed by atoms with Crippen LogP contribution in [-0.4, -0.2) is 63.3 Å². The first-order chi connectivity index (χ1) is 17.1. The van der Waals surface area contributed by atoms with Crippen LogP contribution in [0.15, 0.2) is 24.3 Å². The third-order valence-corrected chi connectivity index (χ3v) is 5.56. The maximum Gasteiger partial charge on any atom is 0.251 e. The standard InChI is InChI=1S/C26H34N6O4/c1-8-35-22-11-10-20(13-23(22)36-9-2)29-24(33)15-31(7)25(34)14-21-18(5)30-32(19(21)6)26-27-16(3)12-17(4)28-26/h10-13H,8-9,14-15H2,1-7H3,(H,29,33). The number of benzene rings is 1. The van der Waals surface area contributed by atoms with Gasteiger partial charge in [0, 0.05) is 41.4 Å². The van der Waals surface area contributed by atoms with Gasteiger partial charge < -0.3 is 19.7 Å². The summed E-state index contributed by atoms with van der Waals surface area (Å²) in [4.78, 5) is 35.9. The summed E-state index contributed by atoms with van der Waals surface area (Å²) in [5.41, 5.74) is 4.56. The van der Waals surface area contributed by atoms with Crippen molar-refractivity contribution in [2.75, 3.05) is 32.1 Å². The fraction of sp³-hybridized carbons (Fsp3) is 0.423. The van der Waals surface area contributed by atoms with Crippen molar-refractivity contribution in [1.29, 1.82) is 0 Å². The highest BCUT2D eigenvalue weighted by Gasteiger charge is 2.21. The summed E-state index contributed by atoms with van der Waals surface area (Å²) < 4.78 is 12.8. The highest BCUT2D eigenvalue weighted by atomic mass is 16.5. The van der Waals surface area contributed by atoms with Crippen molar-refractivity contribution in [3.8, 4) is 17.4 Å². The highest BCUT2D eigenvalue weighted by molar-refractivity contribution is 5.95. The molecule has 0 aliphatic heterocycles. The Kier molecular flexibility index (Phi) is 8.63.